The van der Waals surface area contributed by atoms with E-state index in [0.29, 0.717) is 12.5 Å². The van der Waals surface area contributed by atoms with Crippen LogP contribution in [0.5, 0.6) is 0 Å². The fourth-order valence-electron chi connectivity index (χ4n) is 2.59. The number of halogens is 1. The number of hydrogen-bond acceptors (Lipinski definition) is 3. The summed E-state index contributed by atoms with van der Waals surface area (Å²) in [4.78, 5) is 6.84. The summed E-state index contributed by atoms with van der Waals surface area (Å²) in [7, 11) is 2.13. The summed E-state index contributed by atoms with van der Waals surface area (Å²) in [6, 6.07) is 8.09. The predicted molar refractivity (Wildman–Crippen MR) is 90.6 cm³/mol. The van der Waals surface area contributed by atoms with Crippen molar-refractivity contribution >= 4 is 22.5 Å². The first kappa shape index (κ1) is 16.2. The highest BCUT2D eigenvalue weighted by molar-refractivity contribution is 6.35. The molecule has 2 aromatic rings. The van der Waals surface area contributed by atoms with E-state index in [0.717, 1.165) is 34.5 Å². The fraction of sp³-hybridized carbons (Fsp3) is 0.471. The number of nitrogens with zero attached hydrogens (tertiary/aromatic N) is 2. The van der Waals surface area contributed by atoms with Crippen molar-refractivity contribution in [3.8, 4) is 0 Å². The second kappa shape index (κ2) is 7.21. The van der Waals surface area contributed by atoms with Crippen molar-refractivity contribution in [2.75, 3.05) is 20.1 Å². The van der Waals surface area contributed by atoms with E-state index in [1.54, 1.807) is 0 Å². The van der Waals surface area contributed by atoms with E-state index in [1.807, 2.05) is 24.4 Å². The van der Waals surface area contributed by atoms with Crippen LogP contribution in [0.2, 0.25) is 5.02 Å². The molecule has 0 bridgehead atoms. The normalized spacial score (nSPS) is 13.3. The van der Waals surface area contributed by atoms with E-state index < -0.39 is 0 Å². The molecule has 4 heteroatoms. The minimum atomic E-state index is 0.165. The smallest absolute Gasteiger partial charge is 0.0765 e. The summed E-state index contributed by atoms with van der Waals surface area (Å²) in [5, 5.41) is 1.73. The molecule has 1 unspecified atom stereocenters. The molecular weight excluding hydrogens is 282 g/mol. The molecule has 0 fully saturated rings. The molecule has 1 aromatic heterocycles. The average Bonchev–Trinajstić information content (AvgIpc) is 2.48. The third-order valence-electron chi connectivity index (χ3n) is 3.92. The second-order valence-corrected chi connectivity index (χ2v) is 6.36. The zero-order valence-electron chi connectivity index (χ0n) is 13.0. The van der Waals surface area contributed by atoms with Gasteiger partial charge in [-0.15, -0.1) is 0 Å². The van der Waals surface area contributed by atoms with Gasteiger partial charge in [-0.05, 0) is 49.7 Å². The van der Waals surface area contributed by atoms with Crippen molar-refractivity contribution in [3.63, 3.8) is 0 Å². The topological polar surface area (TPSA) is 42.1 Å². The van der Waals surface area contributed by atoms with Crippen LogP contribution in [-0.4, -0.2) is 30.0 Å². The Balaban J connectivity index is 2.36. The number of rotatable bonds is 6. The number of hydrogen-bond donors (Lipinski definition) is 1. The number of nitrogens with two attached hydrogens (primary N) is 1. The van der Waals surface area contributed by atoms with E-state index in [-0.39, 0.29) is 6.04 Å². The van der Waals surface area contributed by atoms with Gasteiger partial charge < -0.3 is 5.73 Å². The first-order valence-electron chi connectivity index (χ1n) is 7.48. The number of aromatic nitrogens is 1. The molecule has 0 aliphatic rings. The summed E-state index contributed by atoms with van der Waals surface area (Å²) in [5.74, 6) is 0.686. The molecule has 1 heterocycles. The monoisotopic (exact) mass is 305 g/mol. The van der Waals surface area contributed by atoms with Gasteiger partial charge in [0.25, 0.3) is 0 Å². The third kappa shape index (κ3) is 3.73. The molecule has 21 heavy (non-hydrogen) atoms. The Morgan fingerprint density at radius 3 is 2.71 bits per heavy atom. The Bertz CT molecular complexity index is 598. The van der Waals surface area contributed by atoms with Crippen molar-refractivity contribution in [3.05, 3.63) is 41.0 Å². The molecule has 0 saturated heterocycles. The summed E-state index contributed by atoms with van der Waals surface area (Å²) in [6.07, 6.45) is 2.97. The molecule has 2 rings (SSSR count). The summed E-state index contributed by atoms with van der Waals surface area (Å²) < 4.78 is 0. The minimum absolute atomic E-state index is 0.165. The van der Waals surface area contributed by atoms with Gasteiger partial charge in [0, 0.05) is 29.2 Å². The number of fused-ring (bicyclic) bond motifs is 1. The Morgan fingerprint density at radius 2 is 2.05 bits per heavy atom. The highest BCUT2D eigenvalue weighted by atomic mass is 35.5. The maximum atomic E-state index is 6.27. The Morgan fingerprint density at radius 1 is 1.29 bits per heavy atom. The van der Waals surface area contributed by atoms with Gasteiger partial charge >= 0.3 is 0 Å². The van der Waals surface area contributed by atoms with Crippen LogP contribution in [0.25, 0.3) is 10.9 Å². The Hall–Kier alpha value is -1.16. The van der Waals surface area contributed by atoms with Crippen molar-refractivity contribution in [1.29, 1.82) is 0 Å². The maximum Gasteiger partial charge on any atom is 0.0765 e. The summed E-state index contributed by atoms with van der Waals surface area (Å²) >= 11 is 6.27. The van der Waals surface area contributed by atoms with E-state index in [2.05, 4.69) is 36.8 Å². The SMILES string of the molecule is CC(C)CCN(C)C(CN)c1ccc(Cl)c2cccnc12. The molecule has 0 aliphatic heterocycles. The van der Waals surface area contributed by atoms with Gasteiger partial charge in [-0.1, -0.05) is 31.5 Å². The number of likely N-dealkylation sites (N-methyl/N-ethyl adjacent to an activating group) is 1. The highest BCUT2D eigenvalue weighted by Crippen LogP contribution is 2.30. The number of benzene rings is 1. The van der Waals surface area contributed by atoms with Gasteiger partial charge in [0.05, 0.1) is 5.52 Å². The molecule has 0 saturated carbocycles. The largest absolute Gasteiger partial charge is 0.329 e. The molecule has 0 amide bonds. The number of pyridine rings is 1. The lowest BCUT2D eigenvalue weighted by Crippen LogP contribution is -2.32. The lowest BCUT2D eigenvalue weighted by atomic mass is 10.0. The van der Waals surface area contributed by atoms with Crippen molar-refractivity contribution < 1.29 is 0 Å². The maximum absolute atomic E-state index is 6.27. The Kier molecular flexibility index (Phi) is 5.57. The molecule has 114 valence electrons. The quantitative estimate of drug-likeness (QED) is 0.881. The van der Waals surface area contributed by atoms with Crippen LogP contribution in [0, 0.1) is 5.92 Å². The van der Waals surface area contributed by atoms with E-state index in [1.165, 1.54) is 0 Å². The molecule has 0 aliphatic carbocycles. The molecule has 2 N–H and O–H groups in total. The molecular formula is C17H24ClN3. The summed E-state index contributed by atoms with van der Waals surface area (Å²) in [5.41, 5.74) is 8.15. The zero-order chi connectivity index (χ0) is 15.4. The van der Waals surface area contributed by atoms with Crippen LogP contribution in [0.4, 0.5) is 0 Å². The van der Waals surface area contributed by atoms with Crippen molar-refractivity contribution in [2.24, 2.45) is 11.7 Å². The average molecular weight is 306 g/mol. The third-order valence-corrected chi connectivity index (χ3v) is 4.25. The van der Waals surface area contributed by atoms with Gasteiger partial charge in [-0.3, -0.25) is 9.88 Å². The van der Waals surface area contributed by atoms with E-state index >= 15 is 0 Å². The summed E-state index contributed by atoms with van der Waals surface area (Å²) in [6.45, 7) is 6.08. The van der Waals surface area contributed by atoms with Crippen LogP contribution in [0.3, 0.4) is 0 Å². The van der Waals surface area contributed by atoms with Crippen LogP contribution in [0.15, 0.2) is 30.5 Å². The lowest BCUT2D eigenvalue weighted by molar-refractivity contribution is 0.237. The lowest BCUT2D eigenvalue weighted by Gasteiger charge is -2.28. The van der Waals surface area contributed by atoms with Crippen LogP contribution >= 0.6 is 11.6 Å². The van der Waals surface area contributed by atoms with E-state index in [4.69, 9.17) is 17.3 Å². The van der Waals surface area contributed by atoms with Gasteiger partial charge in [-0.25, -0.2) is 0 Å². The molecule has 0 radical (unpaired) electrons. The van der Waals surface area contributed by atoms with Gasteiger partial charge in [0.2, 0.25) is 0 Å². The molecule has 3 nitrogen and oxygen atoms in total. The van der Waals surface area contributed by atoms with Crippen molar-refractivity contribution in [2.45, 2.75) is 26.3 Å². The molecule has 1 atom stereocenters. The first-order valence-corrected chi connectivity index (χ1v) is 7.85. The zero-order valence-corrected chi connectivity index (χ0v) is 13.8. The molecule has 1 aromatic carbocycles. The van der Waals surface area contributed by atoms with Crippen LogP contribution in [-0.2, 0) is 0 Å². The second-order valence-electron chi connectivity index (χ2n) is 5.95. The van der Waals surface area contributed by atoms with Crippen molar-refractivity contribution in [1.82, 2.24) is 9.88 Å². The van der Waals surface area contributed by atoms with Gasteiger partial charge in [0.15, 0.2) is 0 Å². The molecule has 0 spiro atoms. The first-order chi connectivity index (χ1) is 10.0. The standard InChI is InChI=1S/C17H24ClN3/c1-12(2)8-10-21(3)16(11-19)14-6-7-15(18)13-5-4-9-20-17(13)14/h4-7,9,12,16H,8,10-11,19H2,1-3H3. The highest BCUT2D eigenvalue weighted by Gasteiger charge is 2.19. The Labute approximate surface area is 132 Å². The van der Waals surface area contributed by atoms with Crippen LogP contribution in [0.1, 0.15) is 31.9 Å². The van der Waals surface area contributed by atoms with E-state index in [9.17, 15) is 0 Å². The minimum Gasteiger partial charge on any atom is -0.329 e. The van der Waals surface area contributed by atoms with Gasteiger partial charge in [0.1, 0.15) is 0 Å². The van der Waals surface area contributed by atoms with Crippen LogP contribution < -0.4 is 5.73 Å². The predicted octanol–water partition coefficient (Wildman–Crippen LogP) is 3.87. The van der Waals surface area contributed by atoms with Gasteiger partial charge in [-0.2, -0.15) is 0 Å². The fourth-order valence-corrected chi connectivity index (χ4v) is 2.81.